The van der Waals surface area contributed by atoms with Gasteiger partial charge in [-0.3, -0.25) is 0 Å². The molecule has 0 amide bonds. The molecule has 0 heterocycles. The largest absolute Gasteiger partial charge is 0.573 e. The third-order valence-electron chi connectivity index (χ3n) is 3.18. The minimum absolute atomic E-state index is 0.104. The van der Waals surface area contributed by atoms with Crippen molar-refractivity contribution in [2.45, 2.75) is 24.7 Å². The molecule has 4 nitrogen and oxygen atoms in total. The highest BCUT2D eigenvalue weighted by Gasteiger charge is 2.34. The lowest BCUT2D eigenvalue weighted by atomic mass is 10.1. The fourth-order valence-electron chi connectivity index (χ4n) is 2.02. The zero-order valence-corrected chi connectivity index (χ0v) is 15.9. The lowest BCUT2D eigenvalue weighted by Gasteiger charge is -2.15. The normalized spacial score (nSPS) is 12.2. The van der Waals surface area contributed by atoms with E-state index in [9.17, 15) is 21.6 Å². The molecule has 0 saturated heterocycles. The van der Waals surface area contributed by atoms with Crippen molar-refractivity contribution in [2.75, 3.05) is 0 Å². The molecule has 10 heteroatoms. The number of ether oxygens (including phenoxy) is 1. The Morgan fingerprint density at radius 1 is 1.20 bits per heavy atom. The zero-order chi connectivity index (χ0) is 18.8. The van der Waals surface area contributed by atoms with E-state index in [0.717, 1.165) is 17.7 Å². The molecule has 25 heavy (non-hydrogen) atoms. The lowest BCUT2D eigenvalue weighted by molar-refractivity contribution is -0.275. The van der Waals surface area contributed by atoms with Crippen LogP contribution in [0.2, 0.25) is 5.02 Å². The first-order chi connectivity index (χ1) is 11.5. The van der Waals surface area contributed by atoms with Crippen LogP contribution in [0.5, 0.6) is 5.75 Å². The maximum absolute atomic E-state index is 12.5. The number of sulfonamides is 1. The number of aryl methyl sites for hydroxylation is 1. The number of hydrogen-bond acceptors (Lipinski definition) is 3. The molecule has 136 valence electrons. The van der Waals surface area contributed by atoms with Crippen LogP contribution in [0.1, 0.15) is 11.1 Å². The van der Waals surface area contributed by atoms with E-state index in [2.05, 4.69) is 25.4 Å². The summed E-state index contributed by atoms with van der Waals surface area (Å²) in [5.41, 5.74) is 1.39. The predicted molar refractivity (Wildman–Crippen MR) is 91.0 cm³/mol. The van der Waals surface area contributed by atoms with Crippen molar-refractivity contribution < 1.29 is 26.3 Å². The van der Waals surface area contributed by atoms with Crippen molar-refractivity contribution in [2.24, 2.45) is 0 Å². The second-order valence-electron chi connectivity index (χ2n) is 5.03. The predicted octanol–water partition coefficient (Wildman–Crippen LogP) is 4.79. The number of hydrogen-bond donors (Lipinski definition) is 1. The Balaban J connectivity index is 2.30. The van der Waals surface area contributed by atoms with Gasteiger partial charge < -0.3 is 4.74 Å². The fourth-order valence-corrected chi connectivity index (χ4v) is 3.70. The molecular formula is C15H12BrClF3NO3S. The zero-order valence-electron chi connectivity index (χ0n) is 12.7. The molecule has 0 bridgehead atoms. The summed E-state index contributed by atoms with van der Waals surface area (Å²) in [5, 5.41) is 0.498. The van der Waals surface area contributed by atoms with Gasteiger partial charge >= 0.3 is 6.36 Å². The molecule has 2 rings (SSSR count). The molecule has 0 atom stereocenters. The standard InChI is InChI=1S/C15H12BrClF3NO3S/c1-9-6-12(17)4-2-10(9)8-21-25(22,23)14-5-3-11(16)7-13(14)24-15(18,19)20/h2-7,21H,8H2,1H3. The molecule has 0 saturated carbocycles. The van der Waals surface area contributed by atoms with Crippen LogP contribution in [-0.4, -0.2) is 14.8 Å². The summed E-state index contributed by atoms with van der Waals surface area (Å²) in [5.74, 6) is -0.817. The van der Waals surface area contributed by atoms with Gasteiger partial charge in [0.15, 0.2) is 5.75 Å². The van der Waals surface area contributed by atoms with Crippen LogP contribution in [0, 0.1) is 6.92 Å². The van der Waals surface area contributed by atoms with Crippen molar-refractivity contribution in [3.63, 3.8) is 0 Å². The molecule has 0 radical (unpaired) electrons. The maximum atomic E-state index is 12.5. The summed E-state index contributed by atoms with van der Waals surface area (Å²) in [6.07, 6.45) is -5.02. The van der Waals surface area contributed by atoms with Crippen molar-refractivity contribution in [3.05, 3.63) is 57.0 Å². The smallest absolute Gasteiger partial charge is 0.404 e. The van der Waals surface area contributed by atoms with Gasteiger partial charge in [0.25, 0.3) is 0 Å². The Bertz CT molecular complexity index is 888. The van der Waals surface area contributed by atoms with E-state index in [1.54, 1.807) is 25.1 Å². The highest BCUT2D eigenvalue weighted by molar-refractivity contribution is 9.10. The van der Waals surface area contributed by atoms with Crippen LogP contribution in [0.25, 0.3) is 0 Å². The number of halogens is 5. The Morgan fingerprint density at radius 3 is 2.48 bits per heavy atom. The minimum Gasteiger partial charge on any atom is -0.404 e. The summed E-state index contributed by atoms with van der Waals surface area (Å²) in [4.78, 5) is -0.611. The van der Waals surface area contributed by atoms with Crippen LogP contribution in [0.4, 0.5) is 13.2 Å². The quantitative estimate of drug-likeness (QED) is 0.701. The van der Waals surface area contributed by atoms with E-state index in [1.807, 2.05) is 0 Å². The van der Waals surface area contributed by atoms with E-state index in [-0.39, 0.29) is 11.0 Å². The van der Waals surface area contributed by atoms with Crippen molar-refractivity contribution >= 4 is 37.6 Å². The fraction of sp³-hybridized carbons (Fsp3) is 0.200. The van der Waals surface area contributed by atoms with Crippen LogP contribution in [0.15, 0.2) is 45.8 Å². The first-order valence-electron chi connectivity index (χ1n) is 6.78. The maximum Gasteiger partial charge on any atom is 0.573 e. The molecule has 2 aromatic carbocycles. The van der Waals surface area contributed by atoms with Gasteiger partial charge in [0.05, 0.1) is 0 Å². The Morgan fingerprint density at radius 2 is 1.88 bits per heavy atom. The van der Waals surface area contributed by atoms with Gasteiger partial charge in [0.2, 0.25) is 10.0 Å². The Labute approximate surface area is 156 Å². The summed E-state index contributed by atoms with van der Waals surface area (Å²) >= 11 is 8.82. The number of benzene rings is 2. The van der Waals surface area contributed by atoms with Crippen molar-refractivity contribution in [1.82, 2.24) is 4.72 Å². The SMILES string of the molecule is Cc1cc(Cl)ccc1CNS(=O)(=O)c1ccc(Br)cc1OC(F)(F)F. The van der Waals surface area contributed by atoms with Gasteiger partial charge in [-0.1, -0.05) is 33.6 Å². The molecule has 0 spiro atoms. The number of alkyl halides is 3. The summed E-state index contributed by atoms with van der Waals surface area (Å²) < 4.78 is 68.7. The van der Waals surface area contributed by atoms with Crippen LogP contribution < -0.4 is 9.46 Å². The first kappa shape index (κ1) is 20.0. The molecule has 0 aliphatic heterocycles. The lowest BCUT2D eigenvalue weighted by Crippen LogP contribution is -2.26. The first-order valence-corrected chi connectivity index (χ1v) is 9.43. The molecule has 0 unspecified atom stereocenters. The van der Waals surface area contributed by atoms with E-state index in [4.69, 9.17) is 11.6 Å². The van der Waals surface area contributed by atoms with Gasteiger partial charge in [-0.15, -0.1) is 13.2 Å². The highest BCUT2D eigenvalue weighted by Crippen LogP contribution is 2.32. The molecule has 1 N–H and O–H groups in total. The van der Waals surface area contributed by atoms with E-state index >= 15 is 0 Å². The van der Waals surface area contributed by atoms with Crippen molar-refractivity contribution in [3.8, 4) is 5.75 Å². The third kappa shape index (κ3) is 5.60. The number of rotatable bonds is 5. The molecular weight excluding hydrogens is 447 g/mol. The second kappa shape index (κ2) is 7.53. The topological polar surface area (TPSA) is 55.4 Å². The Hall–Kier alpha value is -1.29. The highest BCUT2D eigenvalue weighted by atomic mass is 79.9. The molecule has 0 aliphatic carbocycles. The number of nitrogens with one attached hydrogen (secondary N) is 1. The summed E-state index contributed by atoms with van der Waals surface area (Å²) in [6, 6.07) is 8.16. The second-order valence-corrected chi connectivity index (χ2v) is 8.12. The molecule has 0 fully saturated rings. The van der Waals surface area contributed by atoms with Gasteiger partial charge in [-0.05, 0) is 48.4 Å². The van der Waals surface area contributed by atoms with Crippen LogP contribution >= 0.6 is 27.5 Å². The molecule has 2 aromatic rings. The molecule has 0 aliphatic rings. The van der Waals surface area contributed by atoms with E-state index < -0.39 is 27.0 Å². The minimum atomic E-state index is -5.02. The summed E-state index contributed by atoms with van der Waals surface area (Å²) in [7, 11) is -4.23. The summed E-state index contributed by atoms with van der Waals surface area (Å²) in [6.45, 7) is 1.64. The van der Waals surface area contributed by atoms with Gasteiger partial charge in [-0.25, -0.2) is 13.1 Å². The third-order valence-corrected chi connectivity index (χ3v) is 5.35. The Kier molecular flexibility index (Phi) is 6.03. The monoisotopic (exact) mass is 457 g/mol. The van der Waals surface area contributed by atoms with Gasteiger partial charge in [0, 0.05) is 16.0 Å². The van der Waals surface area contributed by atoms with Crippen LogP contribution in [-0.2, 0) is 16.6 Å². The average Bonchev–Trinajstić information content (AvgIpc) is 2.44. The average molecular weight is 459 g/mol. The van der Waals surface area contributed by atoms with E-state index in [1.165, 1.54) is 6.07 Å². The van der Waals surface area contributed by atoms with E-state index in [0.29, 0.717) is 10.6 Å². The molecule has 0 aromatic heterocycles. The van der Waals surface area contributed by atoms with Gasteiger partial charge in [0.1, 0.15) is 4.90 Å². The van der Waals surface area contributed by atoms with Crippen molar-refractivity contribution in [1.29, 1.82) is 0 Å². The van der Waals surface area contributed by atoms with Crippen LogP contribution in [0.3, 0.4) is 0 Å². The van der Waals surface area contributed by atoms with Gasteiger partial charge in [-0.2, -0.15) is 0 Å².